The standard InChI is InChI=1S/C10H17N/c1-7-2-9-3-8(1)5-10(4-7)11-6-9/h7-11H,1-6H2/t7-,8-,9?,10?/m0/s1. The lowest BCUT2D eigenvalue weighted by Crippen LogP contribution is -2.33. The minimum Gasteiger partial charge on any atom is -0.314 e. The molecule has 0 unspecified atom stereocenters. The van der Waals surface area contributed by atoms with E-state index in [0.29, 0.717) is 0 Å². The molecule has 62 valence electrons. The van der Waals surface area contributed by atoms with Crippen molar-refractivity contribution in [3.05, 3.63) is 0 Å². The minimum atomic E-state index is 0.909. The van der Waals surface area contributed by atoms with Gasteiger partial charge >= 0.3 is 0 Å². The molecule has 0 aromatic carbocycles. The van der Waals surface area contributed by atoms with Crippen LogP contribution in [0.25, 0.3) is 0 Å². The van der Waals surface area contributed by atoms with Crippen LogP contribution in [0.2, 0.25) is 0 Å². The molecule has 2 heterocycles. The molecule has 1 nitrogen and oxygen atoms in total. The highest BCUT2D eigenvalue weighted by Crippen LogP contribution is 2.44. The summed E-state index contributed by atoms with van der Waals surface area (Å²) >= 11 is 0. The van der Waals surface area contributed by atoms with E-state index in [1.165, 1.54) is 19.4 Å². The summed E-state index contributed by atoms with van der Waals surface area (Å²) in [7, 11) is 0. The van der Waals surface area contributed by atoms with E-state index in [-0.39, 0.29) is 0 Å². The second kappa shape index (κ2) is 2.22. The van der Waals surface area contributed by atoms with Crippen molar-refractivity contribution in [3.8, 4) is 0 Å². The third-order valence-electron chi connectivity index (χ3n) is 3.93. The third-order valence-corrected chi connectivity index (χ3v) is 3.93. The van der Waals surface area contributed by atoms with Crippen molar-refractivity contribution in [2.45, 2.75) is 38.1 Å². The molecule has 4 aliphatic rings. The molecule has 0 aromatic heterocycles. The fourth-order valence-electron chi connectivity index (χ4n) is 3.66. The van der Waals surface area contributed by atoms with E-state index in [9.17, 15) is 0 Å². The van der Waals surface area contributed by atoms with Gasteiger partial charge in [-0.15, -0.1) is 0 Å². The molecule has 2 atom stereocenters. The summed E-state index contributed by atoms with van der Waals surface area (Å²) in [6, 6.07) is 0.909. The molecular weight excluding hydrogens is 134 g/mol. The average Bonchev–Trinajstić information content (AvgIpc) is 2.18. The Balaban J connectivity index is 1.90. The lowest BCUT2D eigenvalue weighted by molar-refractivity contribution is 0.156. The Bertz CT molecular complexity index is 132. The van der Waals surface area contributed by atoms with Crippen molar-refractivity contribution in [1.29, 1.82) is 0 Å². The molecule has 1 heteroatoms. The molecule has 4 rings (SSSR count). The molecule has 0 amide bonds. The highest BCUT2D eigenvalue weighted by molar-refractivity contribution is 4.93. The van der Waals surface area contributed by atoms with Gasteiger partial charge in [0.15, 0.2) is 0 Å². The summed E-state index contributed by atoms with van der Waals surface area (Å²) < 4.78 is 0. The Hall–Kier alpha value is -0.0400. The fourth-order valence-corrected chi connectivity index (χ4v) is 3.66. The second-order valence-electron chi connectivity index (χ2n) is 4.88. The predicted octanol–water partition coefficient (Wildman–Crippen LogP) is 1.78. The summed E-state index contributed by atoms with van der Waals surface area (Å²) in [4.78, 5) is 0. The zero-order chi connectivity index (χ0) is 7.26. The summed E-state index contributed by atoms with van der Waals surface area (Å²) in [5.74, 6) is 3.26. The van der Waals surface area contributed by atoms with Gasteiger partial charge in [-0.05, 0) is 56.4 Å². The lowest BCUT2D eigenvalue weighted by Gasteiger charge is -2.37. The SMILES string of the molecule is C1NC2C[C@@H]3CC1C[C@@H](C2)C3. The number of rotatable bonds is 0. The van der Waals surface area contributed by atoms with E-state index in [0.717, 1.165) is 23.8 Å². The Kier molecular flexibility index (Phi) is 1.31. The van der Waals surface area contributed by atoms with Crippen molar-refractivity contribution in [2.24, 2.45) is 17.8 Å². The van der Waals surface area contributed by atoms with Crippen LogP contribution in [-0.4, -0.2) is 12.6 Å². The van der Waals surface area contributed by atoms with Gasteiger partial charge in [0.1, 0.15) is 0 Å². The van der Waals surface area contributed by atoms with Crippen LogP contribution in [0, 0.1) is 17.8 Å². The van der Waals surface area contributed by atoms with Gasteiger partial charge in [-0.25, -0.2) is 0 Å². The minimum absolute atomic E-state index is 0.909. The largest absolute Gasteiger partial charge is 0.314 e. The van der Waals surface area contributed by atoms with Gasteiger partial charge < -0.3 is 5.32 Å². The van der Waals surface area contributed by atoms with Crippen molar-refractivity contribution >= 4 is 0 Å². The van der Waals surface area contributed by atoms with Crippen LogP contribution in [0.4, 0.5) is 0 Å². The topological polar surface area (TPSA) is 12.0 Å². The zero-order valence-corrected chi connectivity index (χ0v) is 7.05. The molecule has 4 fully saturated rings. The normalized spacial score (nSPS) is 54.5. The van der Waals surface area contributed by atoms with E-state index >= 15 is 0 Å². The number of hydrogen-bond acceptors (Lipinski definition) is 1. The first-order valence-corrected chi connectivity index (χ1v) is 5.13. The monoisotopic (exact) mass is 151 g/mol. The first-order chi connectivity index (χ1) is 5.40. The molecule has 11 heavy (non-hydrogen) atoms. The van der Waals surface area contributed by atoms with Gasteiger partial charge in [0, 0.05) is 6.04 Å². The molecule has 0 spiro atoms. The van der Waals surface area contributed by atoms with E-state index in [4.69, 9.17) is 0 Å². The van der Waals surface area contributed by atoms with Crippen LogP contribution in [0.3, 0.4) is 0 Å². The lowest BCUT2D eigenvalue weighted by atomic mass is 9.68. The van der Waals surface area contributed by atoms with Crippen LogP contribution in [0.15, 0.2) is 0 Å². The quantitative estimate of drug-likeness (QED) is 0.556. The highest BCUT2D eigenvalue weighted by atomic mass is 14.9. The first kappa shape index (κ1) is 6.47. The number of hydrogen-bond donors (Lipinski definition) is 1. The summed E-state index contributed by atoms with van der Waals surface area (Å²) in [5.41, 5.74) is 0. The summed E-state index contributed by atoms with van der Waals surface area (Å²) in [6.07, 6.45) is 7.63. The Labute approximate surface area is 68.6 Å². The van der Waals surface area contributed by atoms with Crippen LogP contribution >= 0.6 is 0 Å². The fraction of sp³-hybridized carbons (Fsp3) is 1.00. The Morgan fingerprint density at radius 1 is 0.727 bits per heavy atom. The summed E-state index contributed by atoms with van der Waals surface area (Å²) in [5, 5.41) is 3.70. The maximum absolute atomic E-state index is 3.70. The van der Waals surface area contributed by atoms with E-state index in [2.05, 4.69) is 5.32 Å². The number of nitrogens with one attached hydrogen (secondary N) is 1. The molecule has 1 N–H and O–H groups in total. The van der Waals surface area contributed by atoms with Crippen molar-refractivity contribution in [2.75, 3.05) is 6.54 Å². The van der Waals surface area contributed by atoms with E-state index < -0.39 is 0 Å². The van der Waals surface area contributed by atoms with Crippen LogP contribution in [0.1, 0.15) is 32.1 Å². The van der Waals surface area contributed by atoms with Gasteiger partial charge in [-0.2, -0.15) is 0 Å². The van der Waals surface area contributed by atoms with E-state index in [1.54, 1.807) is 19.3 Å². The third kappa shape index (κ3) is 1.01. The second-order valence-corrected chi connectivity index (χ2v) is 4.88. The summed E-state index contributed by atoms with van der Waals surface area (Å²) in [6.45, 7) is 1.33. The molecule has 0 radical (unpaired) electrons. The zero-order valence-electron chi connectivity index (χ0n) is 7.05. The van der Waals surface area contributed by atoms with Crippen molar-refractivity contribution < 1.29 is 0 Å². The average molecular weight is 151 g/mol. The molecule has 2 aliphatic heterocycles. The molecule has 2 aliphatic carbocycles. The smallest absolute Gasteiger partial charge is 0.00724 e. The molecule has 2 saturated carbocycles. The predicted molar refractivity (Wildman–Crippen MR) is 45.3 cm³/mol. The maximum Gasteiger partial charge on any atom is 0.00724 e. The molecule has 4 bridgehead atoms. The van der Waals surface area contributed by atoms with Gasteiger partial charge in [0.25, 0.3) is 0 Å². The van der Waals surface area contributed by atoms with Gasteiger partial charge in [0.2, 0.25) is 0 Å². The first-order valence-electron chi connectivity index (χ1n) is 5.13. The highest BCUT2D eigenvalue weighted by Gasteiger charge is 2.38. The van der Waals surface area contributed by atoms with Gasteiger partial charge in [0.05, 0.1) is 0 Å². The molecular formula is C10H17N. The van der Waals surface area contributed by atoms with Gasteiger partial charge in [-0.1, -0.05) is 0 Å². The van der Waals surface area contributed by atoms with Crippen molar-refractivity contribution in [3.63, 3.8) is 0 Å². The Morgan fingerprint density at radius 2 is 1.36 bits per heavy atom. The van der Waals surface area contributed by atoms with Crippen LogP contribution in [0.5, 0.6) is 0 Å². The number of fused-ring (bicyclic) bond motifs is 1. The van der Waals surface area contributed by atoms with Crippen LogP contribution < -0.4 is 5.32 Å². The maximum atomic E-state index is 3.70. The molecule has 2 saturated heterocycles. The van der Waals surface area contributed by atoms with Gasteiger partial charge in [-0.3, -0.25) is 0 Å². The van der Waals surface area contributed by atoms with Crippen LogP contribution in [-0.2, 0) is 0 Å². The Morgan fingerprint density at radius 3 is 2.09 bits per heavy atom. The van der Waals surface area contributed by atoms with Crippen molar-refractivity contribution in [1.82, 2.24) is 5.32 Å². The van der Waals surface area contributed by atoms with E-state index in [1.807, 2.05) is 0 Å². The molecule has 0 aromatic rings.